The molecule has 0 aliphatic carbocycles. The van der Waals surface area contributed by atoms with E-state index in [1.165, 1.54) is 0 Å². The SMILES string of the molecule is CCCN(C(C)C)S(=O)(=O)c1cccc(F)c1[N+](=O)[O-]. The van der Waals surface area contributed by atoms with Gasteiger partial charge in [-0.15, -0.1) is 0 Å². The Morgan fingerprint density at radius 1 is 1.40 bits per heavy atom. The fourth-order valence-electron chi connectivity index (χ4n) is 1.88. The molecule has 0 spiro atoms. The molecule has 1 aromatic rings. The van der Waals surface area contributed by atoms with Crippen molar-refractivity contribution in [1.29, 1.82) is 0 Å². The van der Waals surface area contributed by atoms with Crippen molar-refractivity contribution in [3.63, 3.8) is 0 Å². The maximum Gasteiger partial charge on any atom is 0.324 e. The number of benzene rings is 1. The molecular weight excluding hydrogens is 287 g/mol. The number of sulfonamides is 1. The lowest BCUT2D eigenvalue weighted by Gasteiger charge is -2.25. The highest BCUT2D eigenvalue weighted by atomic mass is 32.2. The van der Waals surface area contributed by atoms with Crippen molar-refractivity contribution in [2.45, 2.75) is 38.1 Å². The number of nitrogens with zero attached hydrogens (tertiary/aromatic N) is 2. The van der Waals surface area contributed by atoms with Gasteiger partial charge in [0.15, 0.2) is 4.90 Å². The van der Waals surface area contributed by atoms with Gasteiger partial charge in [0.25, 0.3) is 0 Å². The molecule has 0 radical (unpaired) electrons. The first-order valence-electron chi connectivity index (χ1n) is 6.18. The maximum absolute atomic E-state index is 13.6. The van der Waals surface area contributed by atoms with E-state index in [1.807, 2.05) is 0 Å². The molecule has 6 nitrogen and oxygen atoms in total. The molecule has 0 fully saturated rings. The lowest BCUT2D eigenvalue weighted by molar-refractivity contribution is -0.390. The zero-order valence-electron chi connectivity index (χ0n) is 11.5. The van der Waals surface area contributed by atoms with E-state index in [1.54, 1.807) is 20.8 Å². The molecule has 0 saturated heterocycles. The van der Waals surface area contributed by atoms with Gasteiger partial charge in [0.05, 0.1) is 4.92 Å². The third-order valence-electron chi connectivity index (χ3n) is 2.74. The Balaban J connectivity index is 3.49. The average molecular weight is 304 g/mol. The Morgan fingerprint density at radius 2 is 2.00 bits per heavy atom. The van der Waals surface area contributed by atoms with Crippen LogP contribution in [0.5, 0.6) is 0 Å². The lowest BCUT2D eigenvalue weighted by Crippen LogP contribution is -2.37. The van der Waals surface area contributed by atoms with E-state index in [2.05, 4.69) is 0 Å². The van der Waals surface area contributed by atoms with Gasteiger partial charge in [0.2, 0.25) is 15.8 Å². The molecular formula is C12H17FN2O4S. The summed E-state index contributed by atoms with van der Waals surface area (Å²) in [6, 6.07) is 2.71. The highest BCUT2D eigenvalue weighted by Gasteiger charge is 2.34. The van der Waals surface area contributed by atoms with Crippen molar-refractivity contribution in [2.75, 3.05) is 6.54 Å². The molecule has 0 atom stereocenters. The van der Waals surface area contributed by atoms with Crippen molar-refractivity contribution >= 4 is 15.7 Å². The van der Waals surface area contributed by atoms with Crippen LogP contribution < -0.4 is 0 Å². The van der Waals surface area contributed by atoms with Crippen LogP contribution in [0.4, 0.5) is 10.1 Å². The second-order valence-electron chi connectivity index (χ2n) is 4.55. The number of nitro benzene ring substituents is 1. The molecule has 0 saturated carbocycles. The smallest absolute Gasteiger partial charge is 0.258 e. The summed E-state index contributed by atoms with van der Waals surface area (Å²) >= 11 is 0. The van der Waals surface area contributed by atoms with E-state index in [9.17, 15) is 22.9 Å². The molecule has 8 heteroatoms. The van der Waals surface area contributed by atoms with Crippen LogP contribution in [0.15, 0.2) is 23.1 Å². The number of hydrogen-bond acceptors (Lipinski definition) is 4. The Bertz CT molecular complexity index is 601. The Kier molecular flexibility index (Phi) is 5.18. The fraction of sp³-hybridized carbons (Fsp3) is 0.500. The molecule has 20 heavy (non-hydrogen) atoms. The minimum Gasteiger partial charge on any atom is -0.258 e. The molecule has 1 rings (SSSR count). The number of hydrogen-bond donors (Lipinski definition) is 0. The van der Waals surface area contributed by atoms with E-state index in [0.29, 0.717) is 6.42 Å². The van der Waals surface area contributed by atoms with E-state index in [0.717, 1.165) is 22.5 Å². The largest absolute Gasteiger partial charge is 0.324 e. The van der Waals surface area contributed by atoms with E-state index in [-0.39, 0.29) is 12.6 Å². The van der Waals surface area contributed by atoms with Crippen molar-refractivity contribution < 1.29 is 17.7 Å². The summed E-state index contributed by atoms with van der Waals surface area (Å²) in [5.74, 6) is -1.16. The fourth-order valence-corrected chi connectivity index (χ4v) is 3.78. The Hall–Kier alpha value is -1.54. The van der Waals surface area contributed by atoms with Gasteiger partial charge in [-0.05, 0) is 32.4 Å². The standard InChI is InChI=1S/C12H17FN2O4S/c1-4-8-14(9(2)3)20(18,19)11-7-5-6-10(13)12(11)15(16)17/h5-7,9H,4,8H2,1-3H3. The summed E-state index contributed by atoms with van der Waals surface area (Å²) in [6.07, 6.45) is 0.556. The zero-order chi connectivity index (χ0) is 15.5. The molecule has 0 unspecified atom stereocenters. The molecule has 0 heterocycles. The first kappa shape index (κ1) is 16.5. The monoisotopic (exact) mass is 304 g/mol. The molecule has 0 amide bonds. The van der Waals surface area contributed by atoms with E-state index < -0.39 is 31.3 Å². The lowest BCUT2D eigenvalue weighted by atomic mass is 10.3. The highest BCUT2D eigenvalue weighted by Crippen LogP contribution is 2.30. The second-order valence-corrected chi connectivity index (χ2v) is 6.41. The first-order valence-corrected chi connectivity index (χ1v) is 7.62. The van der Waals surface area contributed by atoms with E-state index in [4.69, 9.17) is 0 Å². The van der Waals surface area contributed by atoms with Crippen molar-refractivity contribution in [3.05, 3.63) is 34.1 Å². The molecule has 0 aliphatic rings. The van der Waals surface area contributed by atoms with Crippen LogP contribution >= 0.6 is 0 Å². The molecule has 112 valence electrons. The number of rotatable bonds is 6. The van der Waals surface area contributed by atoms with Gasteiger partial charge in [-0.1, -0.05) is 13.0 Å². The number of para-hydroxylation sites is 1. The third-order valence-corrected chi connectivity index (χ3v) is 4.85. The predicted octanol–water partition coefficient (Wildman–Crippen LogP) is 2.54. The molecule has 0 aromatic heterocycles. The number of nitro groups is 1. The quantitative estimate of drug-likeness (QED) is 0.597. The van der Waals surface area contributed by atoms with Crippen LogP contribution in [-0.4, -0.2) is 30.2 Å². The van der Waals surface area contributed by atoms with Crippen LogP contribution in [0, 0.1) is 15.9 Å². The van der Waals surface area contributed by atoms with Crippen LogP contribution in [-0.2, 0) is 10.0 Å². The van der Waals surface area contributed by atoms with Crippen LogP contribution in [0.3, 0.4) is 0 Å². The normalized spacial score (nSPS) is 12.1. The van der Waals surface area contributed by atoms with Gasteiger partial charge in [0, 0.05) is 12.6 Å². The topological polar surface area (TPSA) is 80.5 Å². The van der Waals surface area contributed by atoms with Gasteiger partial charge >= 0.3 is 5.69 Å². The summed E-state index contributed by atoms with van der Waals surface area (Å²) in [6.45, 7) is 5.34. The molecule has 0 bridgehead atoms. The summed E-state index contributed by atoms with van der Waals surface area (Å²) in [5, 5.41) is 10.9. The van der Waals surface area contributed by atoms with Crippen LogP contribution in [0.2, 0.25) is 0 Å². The Morgan fingerprint density at radius 3 is 2.45 bits per heavy atom. The first-order chi connectivity index (χ1) is 9.23. The highest BCUT2D eigenvalue weighted by molar-refractivity contribution is 7.89. The van der Waals surface area contributed by atoms with E-state index >= 15 is 0 Å². The molecule has 0 N–H and O–H groups in total. The summed E-state index contributed by atoms with van der Waals surface area (Å²) in [5.41, 5.74) is -1.01. The number of halogens is 1. The van der Waals surface area contributed by atoms with Gasteiger partial charge in [-0.25, -0.2) is 8.42 Å². The molecule has 1 aromatic carbocycles. The van der Waals surface area contributed by atoms with Crippen LogP contribution in [0.1, 0.15) is 27.2 Å². The average Bonchev–Trinajstić information content (AvgIpc) is 2.34. The van der Waals surface area contributed by atoms with Crippen molar-refractivity contribution in [1.82, 2.24) is 4.31 Å². The molecule has 0 aliphatic heterocycles. The van der Waals surface area contributed by atoms with Crippen molar-refractivity contribution in [2.24, 2.45) is 0 Å². The van der Waals surface area contributed by atoms with Gasteiger partial charge in [0.1, 0.15) is 0 Å². The second kappa shape index (κ2) is 6.27. The zero-order valence-corrected chi connectivity index (χ0v) is 12.4. The van der Waals surface area contributed by atoms with Gasteiger partial charge in [-0.3, -0.25) is 10.1 Å². The maximum atomic E-state index is 13.6. The summed E-state index contributed by atoms with van der Waals surface area (Å²) in [7, 11) is -4.11. The van der Waals surface area contributed by atoms with Gasteiger partial charge < -0.3 is 0 Å². The van der Waals surface area contributed by atoms with Gasteiger partial charge in [-0.2, -0.15) is 8.70 Å². The Labute approximate surface area is 117 Å². The van der Waals surface area contributed by atoms with Crippen LogP contribution in [0.25, 0.3) is 0 Å². The summed E-state index contributed by atoms with van der Waals surface area (Å²) in [4.78, 5) is 9.31. The summed E-state index contributed by atoms with van der Waals surface area (Å²) < 4.78 is 39.7. The van der Waals surface area contributed by atoms with Crippen molar-refractivity contribution in [3.8, 4) is 0 Å². The predicted molar refractivity (Wildman–Crippen MR) is 72.4 cm³/mol. The minimum absolute atomic E-state index is 0.216. The third kappa shape index (κ3) is 3.13. The minimum atomic E-state index is -4.11.